The van der Waals surface area contributed by atoms with E-state index in [0.29, 0.717) is 51.4 Å². The van der Waals surface area contributed by atoms with Gasteiger partial charge in [0.1, 0.15) is 0 Å². The Morgan fingerprint density at radius 2 is 1.64 bits per heavy atom. The molecule has 0 aromatic rings. The number of allylic oxidation sites excluding steroid dienone is 5. The average Bonchev–Trinajstić information content (AvgIpc) is 3.44. The van der Waals surface area contributed by atoms with Gasteiger partial charge in [-0.3, -0.25) is 18.8 Å². The molecule has 0 radical (unpaired) electrons. The lowest BCUT2D eigenvalue weighted by atomic mass is 9.33. The molecule has 0 unspecified atom stereocenters. The largest absolute Gasteiger partial charge is 0.481 e. The van der Waals surface area contributed by atoms with Crippen molar-refractivity contribution >= 4 is 16.6 Å². The standard InChI is InChI=1S/C43H70N2O4S/c1-29(2)33-15-19-43(44-22-23-45-24-26-50(48,49)27-25-45)21-20-41(6)34(37(33)43)12-13-36-40(5)17-14-32(28-30-8-10-31(11-9-30)38(46)47)39(3,4)35(40)16-18-42(36,41)7/h14,28,31,33-37,44,48-49H,1,8-13,15-27H2,2-7H3,(H,46,47)/t31?,33-,34+,35-,36+,37+,40-,41+,42+,43-/m0/s1. The highest BCUT2D eigenvalue weighted by molar-refractivity contribution is 8.24. The summed E-state index contributed by atoms with van der Waals surface area (Å²) < 4.78 is 20.3. The van der Waals surface area contributed by atoms with E-state index in [-0.39, 0.29) is 16.9 Å². The molecule has 50 heavy (non-hydrogen) atoms. The SMILES string of the molecule is C=C(C)[C@@H]1CC[C@]2(NCCN3CCS(O)(O)CC3)CC[C@]3(C)[C@H](CC[C@@H]4[C@@]5(C)CC=C(C=C6CCC(C(=O)O)CC6)C(C)(C)[C@@H]5CC[C@]43C)[C@@H]12. The molecule has 7 heteroatoms. The predicted molar refractivity (Wildman–Crippen MR) is 207 cm³/mol. The van der Waals surface area contributed by atoms with Gasteiger partial charge in [-0.15, -0.1) is 0 Å². The highest BCUT2D eigenvalue weighted by Crippen LogP contribution is 2.76. The van der Waals surface area contributed by atoms with Gasteiger partial charge in [0.05, 0.1) is 17.4 Å². The van der Waals surface area contributed by atoms with E-state index in [1.165, 1.54) is 74.5 Å². The number of carbonyl (C=O) groups is 1. The van der Waals surface area contributed by atoms with Crippen molar-refractivity contribution in [2.24, 2.45) is 57.2 Å². The Kier molecular flexibility index (Phi) is 9.69. The predicted octanol–water partition coefficient (Wildman–Crippen LogP) is 9.79. The molecule has 1 aliphatic heterocycles. The van der Waals surface area contributed by atoms with E-state index in [0.717, 1.165) is 57.8 Å². The molecular weight excluding hydrogens is 641 g/mol. The van der Waals surface area contributed by atoms with E-state index in [1.54, 1.807) is 0 Å². The molecule has 4 N–H and O–H groups in total. The molecule has 7 aliphatic rings. The molecule has 0 spiro atoms. The highest BCUT2D eigenvalue weighted by Gasteiger charge is 2.70. The first kappa shape index (κ1) is 37.2. The number of hydrogen-bond donors (Lipinski definition) is 4. The number of nitrogens with zero attached hydrogens (tertiary/aromatic N) is 1. The zero-order chi connectivity index (χ0) is 35.9. The topological polar surface area (TPSA) is 93.0 Å². The first-order chi connectivity index (χ1) is 23.5. The van der Waals surface area contributed by atoms with Crippen LogP contribution < -0.4 is 5.32 Å². The Morgan fingerprint density at radius 3 is 2.30 bits per heavy atom. The van der Waals surface area contributed by atoms with Gasteiger partial charge in [0.25, 0.3) is 0 Å². The molecule has 6 nitrogen and oxygen atoms in total. The molecule has 6 aliphatic carbocycles. The summed E-state index contributed by atoms with van der Waals surface area (Å²) in [5.41, 5.74) is 5.63. The maximum Gasteiger partial charge on any atom is 0.306 e. The van der Waals surface area contributed by atoms with Crippen molar-refractivity contribution in [1.82, 2.24) is 10.2 Å². The summed E-state index contributed by atoms with van der Waals surface area (Å²) in [5.74, 6) is 3.61. The molecule has 7 rings (SSSR count). The fraction of sp³-hybridized carbons (Fsp3) is 0.837. The molecule has 0 aromatic heterocycles. The van der Waals surface area contributed by atoms with Crippen LogP contribution in [-0.4, -0.2) is 68.3 Å². The second kappa shape index (κ2) is 13.0. The number of carboxylic acids is 1. The number of nitrogens with one attached hydrogen (secondary N) is 1. The van der Waals surface area contributed by atoms with Gasteiger partial charge >= 0.3 is 5.97 Å². The normalized spacial score (nSPS) is 46.0. The van der Waals surface area contributed by atoms with Gasteiger partial charge in [0.2, 0.25) is 0 Å². The molecule has 9 atom stereocenters. The lowest BCUT2D eigenvalue weighted by molar-refractivity contribution is -0.221. The minimum atomic E-state index is -2.35. The monoisotopic (exact) mass is 711 g/mol. The van der Waals surface area contributed by atoms with Gasteiger partial charge in [-0.2, -0.15) is 10.6 Å². The number of hydrogen-bond acceptors (Lipinski definition) is 5. The molecule has 0 aromatic carbocycles. The fourth-order valence-corrected chi connectivity index (χ4v) is 15.7. The Balaban J connectivity index is 1.11. The third-order valence-electron chi connectivity index (χ3n) is 17.4. The zero-order valence-electron chi connectivity index (χ0n) is 32.4. The van der Waals surface area contributed by atoms with Crippen LogP contribution in [0.2, 0.25) is 0 Å². The van der Waals surface area contributed by atoms with Gasteiger partial charge in [0, 0.05) is 31.7 Å². The van der Waals surface area contributed by atoms with Gasteiger partial charge < -0.3 is 10.4 Å². The van der Waals surface area contributed by atoms with E-state index >= 15 is 0 Å². The third kappa shape index (κ3) is 5.94. The van der Waals surface area contributed by atoms with E-state index in [9.17, 15) is 19.0 Å². The minimum absolute atomic E-state index is 0.121. The van der Waals surface area contributed by atoms with Crippen LogP contribution in [0.1, 0.15) is 125 Å². The van der Waals surface area contributed by atoms with Gasteiger partial charge in [-0.25, -0.2) is 0 Å². The highest BCUT2D eigenvalue weighted by atomic mass is 32.3. The van der Waals surface area contributed by atoms with Crippen molar-refractivity contribution in [1.29, 1.82) is 0 Å². The molecule has 282 valence electrons. The fourth-order valence-electron chi connectivity index (χ4n) is 14.4. The smallest absolute Gasteiger partial charge is 0.306 e. The Morgan fingerprint density at radius 1 is 0.940 bits per heavy atom. The maximum absolute atomic E-state index is 11.6. The van der Waals surface area contributed by atoms with Crippen molar-refractivity contribution in [2.45, 2.75) is 131 Å². The first-order valence-corrected chi connectivity index (χ1v) is 22.3. The lowest BCUT2D eigenvalue weighted by Crippen LogP contribution is -2.68. The molecular formula is C43H70N2O4S. The van der Waals surface area contributed by atoms with Crippen molar-refractivity contribution < 1.29 is 19.0 Å². The zero-order valence-corrected chi connectivity index (χ0v) is 33.2. The molecule has 0 amide bonds. The summed E-state index contributed by atoms with van der Waals surface area (Å²) in [6.45, 7) is 23.7. The van der Waals surface area contributed by atoms with Crippen LogP contribution in [0.25, 0.3) is 0 Å². The van der Waals surface area contributed by atoms with Crippen molar-refractivity contribution in [2.75, 3.05) is 37.7 Å². The van der Waals surface area contributed by atoms with Crippen LogP contribution in [0, 0.1) is 57.2 Å². The quantitative estimate of drug-likeness (QED) is 0.197. The van der Waals surface area contributed by atoms with E-state index in [4.69, 9.17) is 0 Å². The second-order valence-electron chi connectivity index (χ2n) is 19.8. The van der Waals surface area contributed by atoms with Crippen molar-refractivity contribution in [3.8, 4) is 0 Å². The van der Waals surface area contributed by atoms with Gasteiger partial charge in [-0.05, 0) is 147 Å². The molecule has 0 bridgehead atoms. The van der Waals surface area contributed by atoms with Crippen molar-refractivity contribution in [3.63, 3.8) is 0 Å². The van der Waals surface area contributed by atoms with Crippen LogP contribution in [-0.2, 0) is 4.79 Å². The summed E-state index contributed by atoms with van der Waals surface area (Å²) in [6.07, 6.45) is 20.2. The van der Waals surface area contributed by atoms with Crippen molar-refractivity contribution in [3.05, 3.63) is 35.5 Å². The van der Waals surface area contributed by atoms with Crippen LogP contribution in [0.5, 0.6) is 0 Å². The van der Waals surface area contributed by atoms with Crippen LogP contribution in [0.4, 0.5) is 0 Å². The lowest BCUT2D eigenvalue weighted by Gasteiger charge is -2.72. The van der Waals surface area contributed by atoms with E-state index in [2.05, 4.69) is 70.5 Å². The average molecular weight is 711 g/mol. The van der Waals surface area contributed by atoms with E-state index in [1.807, 2.05) is 0 Å². The third-order valence-corrected chi connectivity index (χ3v) is 19.1. The number of fused-ring (bicyclic) bond motifs is 7. The summed E-state index contributed by atoms with van der Waals surface area (Å²) in [5, 5.41) is 13.8. The van der Waals surface area contributed by atoms with Crippen LogP contribution in [0.15, 0.2) is 35.5 Å². The summed E-state index contributed by atoms with van der Waals surface area (Å²) in [7, 11) is -2.35. The summed E-state index contributed by atoms with van der Waals surface area (Å²) >= 11 is 0. The molecule has 1 saturated heterocycles. The number of rotatable bonds is 7. The van der Waals surface area contributed by atoms with E-state index < -0.39 is 16.6 Å². The number of carboxylic acid groups (broad SMARTS) is 1. The van der Waals surface area contributed by atoms with Gasteiger partial charge in [-0.1, -0.05) is 64.5 Å². The Labute approximate surface area is 305 Å². The minimum Gasteiger partial charge on any atom is -0.481 e. The Bertz CT molecular complexity index is 1400. The first-order valence-electron chi connectivity index (χ1n) is 20.5. The maximum atomic E-state index is 11.6. The van der Waals surface area contributed by atoms with Crippen LogP contribution in [0.3, 0.4) is 0 Å². The van der Waals surface area contributed by atoms with Crippen LogP contribution >= 0.6 is 10.6 Å². The molecule has 1 heterocycles. The summed E-state index contributed by atoms with van der Waals surface area (Å²) in [4.78, 5) is 14.0. The van der Waals surface area contributed by atoms with Gasteiger partial charge in [0.15, 0.2) is 0 Å². The molecule has 6 fully saturated rings. The number of aliphatic carboxylic acids is 1. The Hall–Kier alpha value is -1.12. The molecule has 5 saturated carbocycles. The summed E-state index contributed by atoms with van der Waals surface area (Å²) in [6, 6.07) is 0. The second-order valence-corrected chi connectivity index (χ2v) is 22.2.